The molecular weight excluding hydrogens is 400 g/mol. The Hall–Kier alpha value is -2.83. The molecule has 0 atom stereocenters. The van der Waals surface area contributed by atoms with Gasteiger partial charge in [0.2, 0.25) is 0 Å². The molecule has 1 aromatic heterocycles. The van der Waals surface area contributed by atoms with E-state index in [1.807, 2.05) is 0 Å². The van der Waals surface area contributed by atoms with Gasteiger partial charge in [0.05, 0.1) is 18.5 Å². The van der Waals surface area contributed by atoms with Crippen LogP contribution in [0, 0.1) is 6.92 Å². The molecule has 2 aliphatic rings. The maximum Gasteiger partial charge on any atom is 0.119 e. The molecule has 32 heavy (non-hydrogen) atoms. The lowest BCUT2D eigenvalue weighted by molar-refractivity contribution is 0.277. The molecule has 2 aromatic carbocycles. The summed E-state index contributed by atoms with van der Waals surface area (Å²) in [4.78, 5) is 9.83. The van der Waals surface area contributed by atoms with Gasteiger partial charge in [-0.25, -0.2) is 4.98 Å². The van der Waals surface area contributed by atoms with E-state index in [9.17, 15) is 0 Å². The minimum absolute atomic E-state index is 0.896. The van der Waals surface area contributed by atoms with Crippen LogP contribution in [0.15, 0.2) is 42.5 Å². The Balaban J connectivity index is 0.000000775. The van der Waals surface area contributed by atoms with Gasteiger partial charge in [-0.15, -0.1) is 0 Å². The molecule has 6 heteroatoms. The smallest absolute Gasteiger partial charge is 0.119 e. The molecule has 170 valence electrons. The molecule has 1 saturated heterocycles. The van der Waals surface area contributed by atoms with Crippen LogP contribution in [-0.2, 0) is 17.7 Å². The second-order valence-electron chi connectivity index (χ2n) is 8.53. The third kappa shape index (κ3) is 4.38. The van der Waals surface area contributed by atoms with Gasteiger partial charge < -0.3 is 23.8 Å². The average Bonchev–Trinajstić information content (AvgIpc) is 3.17. The number of rotatable bonds is 3. The molecule has 0 spiro atoms. The first-order valence-corrected chi connectivity index (χ1v) is 11.2. The van der Waals surface area contributed by atoms with E-state index < -0.39 is 0 Å². The first kappa shape index (κ1) is 22.4. The summed E-state index contributed by atoms with van der Waals surface area (Å²) in [5, 5.41) is 0. The van der Waals surface area contributed by atoms with Gasteiger partial charge in [0, 0.05) is 63.8 Å². The van der Waals surface area contributed by atoms with Crippen molar-refractivity contribution in [3.8, 4) is 28.3 Å². The van der Waals surface area contributed by atoms with Gasteiger partial charge in [-0.05, 0) is 50.2 Å². The first-order chi connectivity index (χ1) is 15.5. The molecule has 0 saturated carbocycles. The Morgan fingerprint density at radius 1 is 0.875 bits per heavy atom. The summed E-state index contributed by atoms with van der Waals surface area (Å²) in [6, 6.07) is 15.4. The largest absolute Gasteiger partial charge is 0.497 e. The zero-order valence-electron chi connectivity index (χ0n) is 19.9. The SMILES string of the molecule is COC.COc1ccc2c(c1)-c1c(-c3ccc(N4CCN(C)CC4)cc3)nc(C)n1CC2. The van der Waals surface area contributed by atoms with Crippen LogP contribution in [0.5, 0.6) is 5.75 Å². The van der Waals surface area contributed by atoms with Crippen LogP contribution in [0.2, 0.25) is 0 Å². The predicted molar refractivity (Wildman–Crippen MR) is 131 cm³/mol. The predicted octanol–water partition coefficient (Wildman–Crippen LogP) is 4.10. The van der Waals surface area contributed by atoms with Crippen molar-refractivity contribution in [3.05, 3.63) is 53.9 Å². The van der Waals surface area contributed by atoms with Gasteiger partial charge in [-0.2, -0.15) is 0 Å². The molecule has 3 aromatic rings. The quantitative estimate of drug-likeness (QED) is 0.621. The molecule has 0 amide bonds. The van der Waals surface area contributed by atoms with Crippen LogP contribution in [0.1, 0.15) is 11.4 Å². The van der Waals surface area contributed by atoms with E-state index in [4.69, 9.17) is 9.72 Å². The highest BCUT2D eigenvalue weighted by atomic mass is 16.5. The minimum atomic E-state index is 0.896. The van der Waals surface area contributed by atoms with E-state index in [-0.39, 0.29) is 0 Å². The number of likely N-dealkylation sites (N-methyl/N-ethyl adjacent to an activating group) is 1. The molecule has 3 heterocycles. The molecular formula is C26H34N4O2. The van der Waals surface area contributed by atoms with Crippen molar-refractivity contribution >= 4 is 5.69 Å². The summed E-state index contributed by atoms with van der Waals surface area (Å²) in [5.74, 6) is 1.97. The summed E-state index contributed by atoms with van der Waals surface area (Å²) in [6.07, 6.45) is 1.03. The second-order valence-corrected chi connectivity index (χ2v) is 8.53. The van der Waals surface area contributed by atoms with Crippen molar-refractivity contribution in [1.82, 2.24) is 14.5 Å². The lowest BCUT2D eigenvalue weighted by Crippen LogP contribution is -2.44. The Bertz CT molecular complexity index is 1050. The highest BCUT2D eigenvalue weighted by molar-refractivity contribution is 5.82. The minimum Gasteiger partial charge on any atom is -0.497 e. The number of methoxy groups -OCH3 is 2. The Labute approximate surface area is 191 Å². The van der Waals surface area contributed by atoms with Crippen LogP contribution in [-0.4, -0.2) is 69.0 Å². The standard InChI is InChI=1S/C24H28N4O.C2H6O/c1-17-25-23(19-4-7-20(8-5-19)27-14-12-26(2)13-15-27)24-22-16-21(29-3)9-6-18(22)10-11-28(17)24;1-3-2/h4-9,16H,10-15H2,1-3H3;1-2H3. The van der Waals surface area contributed by atoms with E-state index in [1.54, 1.807) is 21.3 Å². The summed E-state index contributed by atoms with van der Waals surface area (Å²) in [5.41, 5.74) is 7.38. The number of hydrogen-bond acceptors (Lipinski definition) is 5. The number of aryl methyl sites for hydroxylation is 2. The van der Waals surface area contributed by atoms with Crippen molar-refractivity contribution in [2.24, 2.45) is 0 Å². The van der Waals surface area contributed by atoms with Crippen molar-refractivity contribution in [2.75, 3.05) is 59.5 Å². The summed E-state index contributed by atoms with van der Waals surface area (Å²) < 4.78 is 12.1. The number of hydrogen-bond donors (Lipinski definition) is 0. The van der Waals surface area contributed by atoms with E-state index in [1.165, 1.54) is 28.1 Å². The van der Waals surface area contributed by atoms with Gasteiger partial charge in [0.1, 0.15) is 11.6 Å². The third-order valence-electron chi connectivity index (χ3n) is 6.34. The highest BCUT2D eigenvalue weighted by Gasteiger charge is 2.24. The van der Waals surface area contributed by atoms with Crippen molar-refractivity contribution in [3.63, 3.8) is 0 Å². The molecule has 6 nitrogen and oxygen atoms in total. The average molecular weight is 435 g/mol. The number of aromatic nitrogens is 2. The molecule has 2 aliphatic heterocycles. The zero-order valence-corrected chi connectivity index (χ0v) is 19.9. The lowest BCUT2D eigenvalue weighted by atomic mass is 9.95. The zero-order chi connectivity index (χ0) is 22.7. The summed E-state index contributed by atoms with van der Waals surface area (Å²) in [6.45, 7) is 7.50. The van der Waals surface area contributed by atoms with Gasteiger partial charge in [-0.1, -0.05) is 18.2 Å². The van der Waals surface area contributed by atoms with Crippen LogP contribution in [0.25, 0.3) is 22.5 Å². The maximum absolute atomic E-state index is 5.50. The number of imidazole rings is 1. The van der Waals surface area contributed by atoms with E-state index in [0.717, 1.165) is 56.4 Å². The molecule has 0 aliphatic carbocycles. The van der Waals surface area contributed by atoms with Crippen molar-refractivity contribution in [2.45, 2.75) is 19.9 Å². The lowest BCUT2D eigenvalue weighted by Gasteiger charge is -2.34. The Kier molecular flexibility index (Phi) is 6.82. The van der Waals surface area contributed by atoms with Crippen molar-refractivity contribution < 1.29 is 9.47 Å². The fraction of sp³-hybridized carbons (Fsp3) is 0.423. The van der Waals surface area contributed by atoms with Crippen LogP contribution in [0.3, 0.4) is 0 Å². The molecule has 0 unspecified atom stereocenters. The number of fused-ring (bicyclic) bond motifs is 3. The fourth-order valence-corrected chi connectivity index (χ4v) is 4.56. The Morgan fingerprint density at radius 3 is 2.22 bits per heavy atom. The van der Waals surface area contributed by atoms with Crippen LogP contribution in [0.4, 0.5) is 5.69 Å². The van der Waals surface area contributed by atoms with Crippen LogP contribution < -0.4 is 9.64 Å². The van der Waals surface area contributed by atoms with Gasteiger partial charge in [0.15, 0.2) is 0 Å². The number of piperazine rings is 1. The maximum atomic E-state index is 5.50. The topological polar surface area (TPSA) is 42.8 Å². The summed E-state index contributed by atoms with van der Waals surface area (Å²) in [7, 11) is 7.17. The monoisotopic (exact) mass is 434 g/mol. The van der Waals surface area contributed by atoms with E-state index in [2.05, 4.69) is 75.5 Å². The number of ether oxygens (including phenoxy) is 2. The molecule has 0 radical (unpaired) electrons. The van der Waals surface area contributed by atoms with E-state index in [0.29, 0.717) is 0 Å². The second kappa shape index (κ2) is 9.76. The molecule has 5 rings (SSSR count). The highest BCUT2D eigenvalue weighted by Crippen LogP contribution is 2.39. The van der Waals surface area contributed by atoms with E-state index >= 15 is 0 Å². The van der Waals surface area contributed by atoms with Gasteiger partial charge in [0.25, 0.3) is 0 Å². The van der Waals surface area contributed by atoms with Crippen molar-refractivity contribution in [1.29, 1.82) is 0 Å². The van der Waals surface area contributed by atoms with Gasteiger partial charge >= 0.3 is 0 Å². The Morgan fingerprint density at radius 2 is 1.56 bits per heavy atom. The van der Waals surface area contributed by atoms with Crippen LogP contribution >= 0.6 is 0 Å². The fourth-order valence-electron chi connectivity index (χ4n) is 4.56. The molecule has 0 bridgehead atoms. The van der Waals surface area contributed by atoms with Gasteiger partial charge in [-0.3, -0.25) is 0 Å². The summed E-state index contributed by atoms with van der Waals surface area (Å²) >= 11 is 0. The molecule has 1 fully saturated rings. The number of benzene rings is 2. The number of anilines is 1. The normalized spacial score (nSPS) is 15.5. The third-order valence-corrected chi connectivity index (χ3v) is 6.34. The number of nitrogens with zero attached hydrogens (tertiary/aromatic N) is 4. The first-order valence-electron chi connectivity index (χ1n) is 11.2. The molecule has 0 N–H and O–H groups in total.